The number of para-hydroxylation sites is 2. The number of imidazole rings is 1. The van der Waals surface area contributed by atoms with Crippen molar-refractivity contribution in [1.82, 2.24) is 15.0 Å². The van der Waals surface area contributed by atoms with E-state index in [0.717, 1.165) is 30.3 Å². The molecule has 1 atom stereocenters. The molecule has 1 saturated heterocycles. The van der Waals surface area contributed by atoms with Gasteiger partial charge in [-0.2, -0.15) is 0 Å². The number of ether oxygens (including phenoxy) is 3. The Morgan fingerprint density at radius 2 is 2.00 bits per heavy atom. The second-order valence-electron chi connectivity index (χ2n) is 7.09. The number of fused-ring (bicyclic) bond motifs is 1. The summed E-state index contributed by atoms with van der Waals surface area (Å²) in [5, 5.41) is 0.328. The number of hydrogen-bond acceptors (Lipinski definition) is 6. The predicted octanol–water partition coefficient (Wildman–Crippen LogP) is -0.427. The van der Waals surface area contributed by atoms with E-state index in [0.29, 0.717) is 29.8 Å². The number of aromatic nitrogens is 3. The molecule has 2 aliphatic rings. The molecular weight excluding hydrogens is 401 g/mol. The number of nitrogens with zero attached hydrogens (tertiary/aromatic N) is 3. The minimum Gasteiger partial charge on any atom is -0.485 e. The molecule has 9 heteroatoms. The second-order valence-corrected chi connectivity index (χ2v) is 8.44. The maximum atomic E-state index is 12.7. The van der Waals surface area contributed by atoms with E-state index in [1.807, 2.05) is 24.3 Å². The fraction of sp³-hybridized carbons (Fsp3) is 0.400. The molecular formula is C20H20N3NaO4S. The van der Waals surface area contributed by atoms with Gasteiger partial charge in [-0.15, -0.1) is 0 Å². The van der Waals surface area contributed by atoms with Gasteiger partial charge in [0.05, 0.1) is 35.5 Å². The molecule has 146 valence electrons. The van der Waals surface area contributed by atoms with Gasteiger partial charge in [0.1, 0.15) is 11.9 Å². The quantitative estimate of drug-likeness (QED) is 0.517. The van der Waals surface area contributed by atoms with Crippen molar-refractivity contribution >= 4 is 21.8 Å². The van der Waals surface area contributed by atoms with Crippen molar-refractivity contribution in [1.29, 1.82) is 0 Å². The minimum atomic E-state index is -1.38. The van der Waals surface area contributed by atoms with Gasteiger partial charge in [0.25, 0.3) is 0 Å². The first-order valence-electron chi connectivity index (χ1n) is 9.36. The van der Waals surface area contributed by atoms with Crippen LogP contribution in [0.1, 0.15) is 25.0 Å². The van der Waals surface area contributed by atoms with E-state index in [9.17, 15) is 4.21 Å². The summed E-state index contributed by atoms with van der Waals surface area (Å²) in [6.07, 6.45) is 4.57. The van der Waals surface area contributed by atoms with Crippen LogP contribution in [0.15, 0.2) is 47.8 Å². The van der Waals surface area contributed by atoms with Gasteiger partial charge in [-0.05, 0) is 23.5 Å². The van der Waals surface area contributed by atoms with Crippen molar-refractivity contribution in [3.8, 4) is 5.75 Å². The SMILES string of the molecule is O=S(Cc1cc(OC2COC3(CCC3)OC2)ccn1)c1nc2ccccc2[n-]1.[Na+]. The first-order chi connectivity index (χ1) is 13.7. The third-order valence-electron chi connectivity index (χ3n) is 5.07. The average molecular weight is 421 g/mol. The van der Waals surface area contributed by atoms with Crippen LogP contribution in [0.3, 0.4) is 0 Å². The topological polar surface area (TPSA) is 84.6 Å². The average Bonchev–Trinajstić information content (AvgIpc) is 3.12. The van der Waals surface area contributed by atoms with Crippen molar-refractivity contribution in [2.24, 2.45) is 0 Å². The first kappa shape index (κ1) is 21.0. The van der Waals surface area contributed by atoms with Crippen LogP contribution in [0.25, 0.3) is 11.0 Å². The van der Waals surface area contributed by atoms with Crippen LogP contribution in [0.2, 0.25) is 0 Å². The molecule has 5 rings (SSSR count). The molecule has 1 aliphatic heterocycles. The normalized spacial score (nSPS) is 19.4. The maximum absolute atomic E-state index is 12.7. The van der Waals surface area contributed by atoms with Gasteiger partial charge in [-0.3, -0.25) is 9.19 Å². The van der Waals surface area contributed by atoms with Crippen LogP contribution < -0.4 is 39.3 Å². The summed E-state index contributed by atoms with van der Waals surface area (Å²) in [7, 11) is -1.38. The van der Waals surface area contributed by atoms with Crippen molar-refractivity contribution in [2.75, 3.05) is 13.2 Å². The van der Waals surface area contributed by atoms with Gasteiger partial charge in [-0.25, -0.2) is 0 Å². The Balaban J connectivity index is 0.00000205. The summed E-state index contributed by atoms with van der Waals surface area (Å²) in [6.45, 7) is 1.02. The van der Waals surface area contributed by atoms with Crippen LogP contribution in [0.5, 0.6) is 5.75 Å². The Bertz CT molecular complexity index is 981. The first-order valence-corrected chi connectivity index (χ1v) is 10.7. The van der Waals surface area contributed by atoms with Gasteiger partial charge in [-0.1, -0.05) is 24.3 Å². The van der Waals surface area contributed by atoms with Crippen molar-refractivity contribution < 1.29 is 48.0 Å². The molecule has 1 aliphatic carbocycles. The number of benzene rings is 1. The van der Waals surface area contributed by atoms with Crippen LogP contribution in [-0.4, -0.2) is 39.3 Å². The Labute approximate surface area is 193 Å². The van der Waals surface area contributed by atoms with E-state index in [1.54, 1.807) is 18.3 Å². The molecule has 3 heterocycles. The Kier molecular flexibility index (Phi) is 6.38. The van der Waals surface area contributed by atoms with Crippen molar-refractivity contribution in [3.05, 3.63) is 48.3 Å². The largest absolute Gasteiger partial charge is 1.00 e. The third kappa shape index (κ3) is 4.57. The summed E-state index contributed by atoms with van der Waals surface area (Å²) in [6, 6.07) is 11.1. The Morgan fingerprint density at radius 1 is 1.21 bits per heavy atom. The zero-order valence-corrected chi connectivity index (χ0v) is 19.1. The van der Waals surface area contributed by atoms with Crippen LogP contribution in [-0.2, 0) is 26.0 Å². The Morgan fingerprint density at radius 3 is 2.72 bits per heavy atom. The molecule has 0 N–H and O–H groups in total. The molecule has 0 radical (unpaired) electrons. The van der Waals surface area contributed by atoms with Crippen molar-refractivity contribution in [2.45, 2.75) is 42.1 Å². The molecule has 1 spiro atoms. The molecule has 2 fully saturated rings. The molecule has 3 aromatic rings. The predicted molar refractivity (Wildman–Crippen MR) is 102 cm³/mol. The molecule has 7 nitrogen and oxygen atoms in total. The number of rotatable bonds is 5. The standard InChI is InChI=1S/C20H20N3O4S.Na/c24-28(19-22-17-4-1-2-5-18(17)23-19)13-14-10-15(6-9-21-14)27-16-11-25-20(26-12-16)7-3-8-20;/h1-2,4-6,9-10,16H,3,7-8,11-13H2;/q-1;+1. The van der Waals surface area contributed by atoms with E-state index >= 15 is 0 Å². The van der Waals surface area contributed by atoms with Gasteiger partial charge in [0, 0.05) is 30.3 Å². The minimum absolute atomic E-state index is 0. The van der Waals surface area contributed by atoms with Crippen LogP contribution in [0.4, 0.5) is 0 Å². The molecule has 29 heavy (non-hydrogen) atoms. The van der Waals surface area contributed by atoms with Crippen LogP contribution in [0, 0.1) is 0 Å². The van der Waals surface area contributed by atoms with E-state index in [1.165, 1.54) is 0 Å². The van der Waals surface area contributed by atoms with Gasteiger partial charge < -0.3 is 24.2 Å². The van der Waals surface area contributed by atoms with E-state index in [4.69, 9.17) is 14.2 Å². The fourth-order valence-electron chi connectivity index (χ4n) is 3.39. The van der Waals surface area contributed by atoms with E-state index < -0.39 is 10.8 Å². The van der Waals surface area contributed by atoms with Gasteiger partial charge in [0.2, 0.25) is 0 Å². The zero-order chi connectivity index (χ0) is 19.0. The third-order valence-corrected chi connectivity index (χ3v) is 6.22. The number of hydrogen-bond donors (Lipinski definition) is 0. The molecule has 0 bridgehead atoms. The van der Waals surface area contributed by atoms with Gasteiger partial charge >= 0.3 is 29.6 Å². The fourth-order valence-corrected chi connectivity index (χ4v) is 4.34. The summed E-state index contributed by atoms with van der Waals surface area (Å²) in [5.41, 5.74) is 2.16. The van der Waals surface area contributed by atoms with E-state index in [2.05, 4.69) is 15.0 Å². The van der Waals surface area contributed by atoms with Crippen LogP contribution >= 0.6 is 0 Å². The summed E-state index contributed by atoms with van der Waals surface area (Å²) in [5.74, 6) is 0.537. The number of pyridine rings is 1. The molecule has 0 amide bonds. The maximum Gasteiger partial charge on any atom is 1.00 e. The zero-order valence-electron chi connectivity index (χ0n) is 16.2. The summed E-state index contributed by atoms with van der Waals surface area (Å²) < 4.78 is 30.3. The Hall–Kier alpha value is -1.29. The summed E-state index contributed by atoms with van der Waals surface area (Å²) >= 11 is 0. The molecule has 1 aromatic carbocycles. The molecule has 1 saturated carbocycles. The van der Waals surface area contributed by atoms with E-state index in [-0.39, 0.29) is 47.2 Å². The second kappa shape index (κ2) is 8.83. The summed E-state index contributed by atoms with van der Waals surface area (Å²) in [4.78, 5) is 13.0. The monoisotopic (exact) mass is 421 g/mol. The van der Waals surface area contributed by atoms with Gasteiger partial charge in [0.15, 0.2) is 5.79 Å². The van der Waals surface area contributed by atoms with Crippen molar-refractivity contribution in [3.63, 3.8) is 0 Å². The smallest absolute Gasteiger partial charge is 0.485 e. The molecule has 1 unspecified atom stereocenters. The molecule has 2 aromatic heterocycles.